The summed E-state index contributed by atoms with van der Waals surface area (Å²) in [4.78, 5) is 26.1. The van der Waals surface area contributed by atoms with Crippen molar-refractivity contribution in [2.75, 3.05) is 17.2 Å². The zero-order chi connectivity index (χ0) is 18.4. The van der Waals surface area contributed by atoms with Gasteiger partial charge >= 0.3 is 0 Å². The maximum absolute atomic E-state index is 12.3. The van der Waals surface area contributed by atoms with Crippen molar-refractivity contribution < 1.29 is 4.79 Å². The third-order valence-electron chi connectivity index (χ3n) is 4.10. The largest absolute Gasteiger partial charge is 0.385 e. The zero-order valence-electron chi connectivity index (χ0n) is 14.6. The summed E-state index contributed by atoms with van der Waals surface area (Å²) < 4.78 is 0. The van der Waals surface area contributed by atoms with Crippen molar-refractivity contribution in [2.45, 2.75) is 13.3 Å². The summed E-state index contributed by atoms with van der Waals surface area (Å²) in [5, 5.41) is 6.21. The van der Waals surface area contributed by atoms with Gasteiger partial charge in [0.25, 0.3) is 5.91 Å². The van der Waals surface area contributed by atoms with Crippen molar-refractivity contribution in [3.63, 3.8) is 0 Å². The quantitative estimate of drug-likeness (QED) is 0.638. The molecule has 3 rings (SSSR count). The molecule has 0 radical (unpaired) electrons. The highest BCUT2D eigenvalue weighted by Crippen LogP contribution is 2.15. The molecule has 5 nitrogen and oxygen atoms in total. The first-order chi connectivity index (χ1) is 12.6. The van der Waals surface area contributed by atoms with Gasteiger partial charge in [-0.2, -0.15) is 0 Å². The normalized spacial score (nSPS) is 10.3. The highest BCUT2D eigenvalue weighted by atomic mass is 16.1. The number of H-pyrrole nitrogens is 1. The van der Waals surface area contributed by atoms with Gasteiger partial charge < -0.3 is 15.6 Å². The number of amides is 1. The summed E-state index contributed by atoms with van der Waals surface area (Å²) in [6.45, 7) is 2.58. The molecule has 1 amide bonds. The number of aryl methyl sites for hydroxylation is 1. The van der Waals surface area contributed by atoms with Gasteiger partial charge in [-0.3, -0.25) is 9.59 Å². The number of hydrogen-bond donors (Lipinski definition) is 3. The van der Waals surface area contributed by atoms with Gasteiger partial charge in [-0.1, -0.05) is 30.3 Å². The number of carbonyl (C=O) groups excluding carboxylic acids is 1. The lowest BCUT2D eigenvalue weighted by molar-refractivity contribution is 0.102. The van der Waals surface area contributed by atoms with Crippen LogP contribution in [0.1, 0.15) is 21.5 Å². The predicted octanol–water partition coefficient (Wildman–Crippen LogP) is 3.59. The minimum atomic E-state index is -0.247. The zero-order valence-corrected chi connectivity index (χ0v) is 14.6. The number of pyridine rings is 1. The molecule has 0 aliphatic carbocycles. The lowest BCUT2D eigenvalue weighted by Gasteiger charge is -2.10. The number of rotatable bonds is 6. The summed E-state index contributed by atoms with van der Waals surface area (Å²) in [6, 6.07) is 19.3. The minimum Gasteiger partial charge on any atom is -0.385 e. The number of benzene rings is 2. The Labute approximate surface area is 152 Å². The smallest absolute Gasteiger partial charge is 0.257 e. The van der Waals surface area contributed by atoms with Crippen LogP contribution < -0.4 is 16.2 Å². The number of carbonyl (C=O) groups is 1. The van der Waals surface area contributed by atoms with Gasteiger partial charge in [-0.05, 0) is 48.7 Å². The van der Waals surface area contributed by atoms with Crippen molar-refractivity contribution in [2.24, 2.45) is 0 Å². The predicted molar refractivity (Wildman–Crippen MR) is 105 cm³/mol. The maximum Gasteiger partial charge on any atom is 0.257 e. The Bertz CT molecular complexity index is 931. The van der Waals surface area contributed by atoms with Crippen LogP contribution in [-0.2, 0) is 6.42 Å². The van der Waals surface area contributed by atoms with E-state index < -0.39 is 0 Å². The second kappa shape index (κ2) is 8.16. The van der Waals surface area contributed by atoms with Crippen LogP contribution in [0.25, 0.3) is 0 Å². The third kappa shape index (κ3) is 4.60. The molecule has 2 aromatic carbocycles. The monoisotopic (exact) mass is 347 g/mol. The van der Waals surface area contributed by atoms with E-state index in [9.17, 15) is 9.59 Å². The number of aromatic amines is 1. The van der Waals surface area contributed by atoms with Gasteiger partial charge in [0.15, 0.2) is 0 Å². The highest BCUT2D eigenvalue weighted by Gasteiger charge is 2.09. The fourth-order valence-corrected chi connectivity index (χ4v) is 2.68. The van der Waals surface area contributed by atoms with Crippen LogP contribution in [0.5, 0.6) is 0 Å². The average molecular weight is 347 g/mol. The Hall–Kier alpha value is -3.34. The molecule has 0 bridgehead atoms. The molecule has 0 atom stereocenters. The van der Waals surface area contributed by atoms with Crippen LogP contribution >= 0.6 is 0 Å². The summed E-state index contributed by atoms with van der Waals surface area (Å²) in [7, 11) is 0. The topological polar surface area (TPSA) is 74.0 Å². The summed E-state index contributed by atoms with van der Waals surface area (Å²) >= 11 is 0. The van der Waals surface area contributed by atoms with Gasteiger partial charge in [0.1, 0.15) is 0 Å². The molecule has 5 heteroatoms. The van der Waals surface area contributed by atoms with Crippen LogP contribution in [0, 0.1) is 6.92 Å². The maximum atomic E-state index is 12.3. The molecule has 3 aromatic rings. The van der Waals surface area contributed by atoms with E-state index in [2.05, 4.69) is 27.8 Å². The molecule has 26 heavy (non-hydrogen) atoms. The van der Waals surface area contributed by atoms with Crippen LogP contribution in [0.3, 0.4) is 0 Å². The van der Waals surface area contributed by atoms with Crippen LogP contribution in [0.2, 0.25) is 0 Å². The third-order valence-corrected chi connectivity index (χ3v) is 4.10. The van der Waals surface area contributed by atoms with E-state index in [1.807, 2.05) is 42.5 Å². The molecule has 0 unspecified atom stereocenters. The Morgan fingerprint density at radius 1 is 1.00 bits per heavy atom. The van der Waals surface area contributed by atoms with Crippen molar-refractivity contribution >= 4 is 17.3 Å². The molecule has 0 saturated carbocycles. The molecule has 1 heterocycles. The molecule has 0 spiro atoms. The van der Waals surface area contributed by atoms with Gasteiger partial charge in [0, 0.05) is 30.2 Å². The highest BCUT2D eigenvalue weighted by molar-refractivity contribution is 6.05. The van der Waals surface area contributed by atoms with Crippen molar-refractivity contribution in [3.05, 3.63) is 93.9 Å². The number of nitrogens with one attached hydrogen (secondary N) is 3. The van der Waals surface area contributed by atoms with Gasteiger partial charge in [0.2, 0.25) is 5.56 Å². The number of aromatic nitrogens is 1. The minimum absolute atomic E-state index is 0.218. The average Bonchev–Trinajstić information content (AvgIpc) is 2.64. The molecule has 1 aromatic heterocycles. The summed E-state index contributed by atoms with van der Waals surface area (Å²) in [6.07, 6.45) is 2.39. The van der Waals surface area contributed by atoms with Gasteiger partial charge in [0.05, 0.1) is 5.56 Å². The first kappa shape index (κ1) is 17.5. The summed E-state index contributed by atoms with van der Waals surface area (Å²) in [5.74, 6) is -0.247. The van der Waals surface area contributed by atoms with Crippen molar-refractivity contribution in [3.8, 4) is 0 Å². The van der Waals surface area contributed by atoms with Crippen LogP contribution in [0.15, 0.2) is 71.7 Å². The number of hydrogen-bond acceptors (Lipinski definition) is 3. The molecule has 3 N–H and O–H groups in total. The van der Waals surface area contributed by atoms with E-state index in [1.165, 1.54) is 17.8 Å². The fraction of sp³-hybridized carbons (Fsp3) is 0.143. The van der Waals surface area contributed by atoms with E-state index >= 15 is 0 Å². The second-order valence-corrected chi connectivity index (χ2v) is 6.09. The SMILES string of the molecule is Cc1cc(=O)[nH]cc1C(=O)Nc1ccc(NCCc2ccccc2)cc1. The van der Waals surface area contributed by atoms with Crippen LogP contribution in [0.4, 0.5) is 11.4 Å². The fourth-order valence-electron chi connectivity index (χ4n) is 2.68. The molecule has 0 fully saturated rings. The Kier molecular flexibility index (Phi) is 5.49. The van der Waals surface area contributed by atoms with Crippen molar-refractivity contribution in [1.29, 1.82) is 0 Å². The molecule has 0 aliphatic rings. The van der Waals surface area contributed by atoms with E-state index in [4.69, 9.17) is 0 Å². The Balaban J connectivity index is 1.55. The second-order valence-electron chi connectivity index (χ2n) is 6.09. The lowest BCUT2D eigenvalue weighted by Crippen LogP contribution is -2.16. The van der Waals surface area contributed by atoms with Crippen molar-refractivity contribution in [1.82, 2.24) is 4.98 Å². The first-order valence-electron chi connectivity index (χ1n) is 8.50. The van der Waals surface area contributed by atoms with E-state index in [0.29, 0.717) is 16.8 Å². The van der Waals surface area contributed by atoms with Crippen LogP contribution in [-0.4, -0.2) is 17.4 Å². The standard InChI is InChI=1S/C21H21N3O2/c1-15-13-20(25)23-14-19(15)21(26)24-18-9-7-17(8-10-18)22-12-11-16-5-3-2-4-6-16/h2-10,13-14,22H,11-12H2,1H3,(H,23,25)(H,24,26). The molecular formula is C21H21N3O2. The molecule has 0 aliphatic heterocycles. The van der Waals surface area contributed by atoms with E-state index in [1.54, 1.807) is 6.92 Å². The molecule has 132 valence electrons. The van der Waals surface area contributed by atoms with Gasteiger partial charge in [-0.25, -0.2) is 0 Å². The summed E-state index contributed by atoms with van der Waals surface area (Å²) in [5.41, 5.74) is 3.87. The van der Waals surface area contributed by atoms with E-state index in [0.717, 1.165) is 18.7 Å². The Morgan fingerprint density at radius 3 is 2.38 bits per heavy atom. The first-order valence-corrected chi connectivity index (χ1v) is 8.50. The molecule has 0 saturated heterocycles. The van der Waals surface area contributed by atoms with E-state index in [-0.39, 0.29) is 11.5 Å². The lowest BCUT2D eigenvalue weighted by atomic mass is 10.1. The number of anilines is 2. The van der Waals surface area contributed by atoms with Gasteiger partial charge in [-0.15, -0.1) is 0 Å². The molecular weight excluding hydrogens is 326 g/mol. The Morgan fingerprint density at radius 2 is 1.69 bits per heavy atom.